The maximum Gasteiger partial charge on any atom is 0.328 e. The first-order valence-electron chi connectivity index (χ1n) is 13.2. The highest BCUT2D eigenvalue weighted by molar-refractivity contribution is 5.81. The average molecular weight is 508 g/mol. The standard InChI is InChI=1S/C29H43N6O2/c1-2-3-12-25(30)13-7-11-23(16-15-22-9-5-4-6-10-22)17-18-26(35-27-14-8-19-33-27)24(20-28(36)37)21-34-29(31)32/h4-6,8-10,14-16,19-20,23,25-26,33H,2-3,7,11-13,17-18,21,30H2,1H3,(H,36,37)(H4,31,32,34)/q-1. The van der Waals surface area contributed by atoms with Crippen molar-refractivity contribution in [3.8, 4) is 0 Å². The van der Waals surface area contributed by atoms with Crippen LogP contribution in [0.15, 0.2) is 71.4 Å². The van der Waals surface area contributed by atoms with E-state index in [0.29, 0.717) is 23.7 Å². The topological polar surface area (TPSA) is 158 Å². The molecule has 0 saturated carbocycles. The summed E-state index contributed by atoms with van der Waals surface area (Å²) < 4.78 is 0. The lowest BCUT2D eigenvalue weighted by Crippen LogP contribution is -2.24. The number of carboxylic acids is 1. The molecule has 0 saturated heterocycles. The van der Waals surface area contributed by atoms with Crippen molar-refractivity contribution >= 4 is 23.8 Å². The summed E-state index contributed by atoms with van der Waals surface area (Å²) in [6.07, 6.45) is 15.3. The van der Waals surface area contributed by atoms with Crippen LogP contribution in [0.3, 0.4) is 0 Å². The lowest BCUT2D eigenvalue weighted by molar-refractivity contribution is -0.131. The minimum Gasteiger partial charge on any atom is -0.478 e. The summed E-state index contributed by atoms with van der Waals surface area (Å²) in [6, 6.07) is 13.8. The molecule has 0 aliphatic rings. The van der Waals surface area contributed by atoms with E-state index in [1.165, 1.54) is 6.08 Å². The van der Waals surface area contributed by atoms with Crippen LogP contribution in [-0.4, -0.2) is 40.6 Å². The molecule has 2 rings (SSSR count). The van der Waals surface area contributed by atoms with Crippen molar-refractivity contribution in [3.63, 3.8) is 0 Å². The lowest BCUT2D eigenvalue weighted by Gasteiger charge is -2.28. The summed E-state index contributed by atoms with van der Waals surface area (Å²) in [5.41, 5.74) is 19.1. The van der Waals surface area contributed by atoms with E-state index in [4.69, 9.17) is 22.5 Å². The minimum atomic E-state index is -1.05. The van der Waals surface area contributed by atoms with Crippen LogP contribution in [0.4, 0.5) is 5.82 Å². The monoisotopic (exact) mass is 507 g/mol. The molecule has 3 unspecified atom stereocenters. The minimum absolute atomic E-state index is 0.0836. The number of unbranched alkanes of at least 4 members (excludes halogenated alkanes) is 1. The van der Waals surface area contributed by atoms with Crippen molar-refractivity contribution in [1.82, 2.24) is 4.98 Å². The molecular formula is C29H43N6O2-. The molecular weight excluding hydrogens is 464 g/mol. The Kier molecular flexibility index (Phi) is 13.7. The van der Waals surface area contributed by atoms with Gasteiger partial charge in [0.1, 0.15) is 0 Å². The number of aromatic amines is 1. The van der Waals surface area contributed by atoms with Crippen molar-refractivity contribution in [3.05, 3.63) is 77.3 Å². The molecule has 8 nitrogen and oxygen atoms in total. The Balaban J connectivity index is 2.17. The Morgan fingerprint density at radius 1 is 1.05 bits per heavy atom. The zero-order valence-corrected chi connectivity index (χ0v) is 21.9. The molecule has 0 radical (unpaired) electrons. The van der Waals surface area contributed by atoms with Gasteiger partial charge in [-0.1, -0.05) is 92.8 Å². The summed E-state index contributed by atoms with van der Waals surface area (Å²) >= 11 is 0. The number of guanidine groups is 1. The second kappa shape index (κ2) is 17.0. The van der Waals surface area contributed by atoms with Gasteiger partial charge in [0.2, 0.25) is 0 Å². The molecule has 1 heterocycles. The quantitative estimate of drug-likeness (QED) is 0.103. The van der Waals surface area contributed by atoms with Crippen molar-refractivity contribution in [2.45, 2.75) is 70.4 Å². The highest BCUT2D eigenvalue weighted by atomic mass is 16.4. The number of nitrogens with one attached hydrogen (secondary N) is 1. The van der Waals surface area contributed by atoms with Crippen molar-refractivity contribution in [1.29, 1.82) is 0 Å². The molecule has 0 spiro atoms. The highest BCUT2D eigenvalue weighted by Crippen LogP contribution is 2.30. The SMILES string of the molecule is CCCCC(N)CCCC(C=Cc1ccccc1)CCC([N-]c1ccc[nH]1)C(=CC(=O)O)CN=C(N)N. The van der Waals surface area contributed by atoms with Gasteiger partial charge in [0, 0.05) is 12.1 Å². The number of aromatic nitrogens is 1. The summed E-state index contributed by atoms with van der Waals surface area (Å²) in [6.45, 7) is 2.27. The first-order valence-corrected chi connectivity index (χ1v) is 13.2. The Hall–Kier alpha value is -3.52. The van der Waals surface area contributed by atoms with Crippen LogP contribution in [0.2, 0.25) is 0 Å². The maximum atomic E-state index is 11.6. The number of carbonyl (C=O) groups is 1. The normalized spacial score (nSPS) is 14.3. The molecule has 8 heteroatoms. The number of carboxylic acid groups (broad SMARTS) is 1. The number of hydrogen-bond acceptors (Lipinski definition) is 3. The second-order valence-electron chi connectivity index (χ2n) is 9.44. The molecule has 0 aliphatic heterocycles. The number of aliphatic carboxylic acids is 1. The fourth-order valence-electron chi connectivity index (χ4n) is 4.26. The van der Waals surface area contributed by atoms with Crippen LogP contribution < -0.4 is 17.2 Å². The van der Waals surface area contributed by atoms with Crippen LogP contribution in [0.5, 0.6) is 0 Å². The predicted octanol–water partition coefficient (Wildman–Crippen LogP) is 5.47. The first kappa shape index (κ1) is 29.7. The molecule has 3 atom stereocenters. The number of aliphatic imine (C=N–C) groups is 1. The van der Waals surface area contributed by atoms with E-state index in [0.717, 1.165) is 50.5 Å². The third kappa shape index (κ3) is 12.8. The van der Waals surface area contributed by atoms with E-state index in [2.05, 4.69) is 41.2 Å². The van der Waals surface area contributed by atoms with Gasteiger partial charge >= 0.3 is 5.97 Å². The Morgan fingerprint density at radius 2 is 1.81 bits per heavy atom. The predicted molar refractivity (Wildman–Crippen MR) is 154 cm³/mol. The molecule has 0 aliphatic carbocycles. The van der Waals surface area contributed by atoms with Gasteiger partial charge in [-0.15, -0.1) is 0 Å². The van der Waals surface area contributed by atoms with Gasteiger partial charge in [0.15, 0.2) is 5.96 Å². The number of allylic oxidation sites excluding steroid dienone is 1. The summed E-state index contributed by atoms with van der Waals surface area (Å²) in [5, 5.41) is 14.3. The van der Waals surface area contributed by atoms with Gasteiger partial charge in [-0.3, -0.25) is 0 Å². The van der Waals surface area contributed by atoms with Crippen LogP contribution >= 0.6 is 0 Å². The Labute approximate surface area is 221 Å². The van der Waals surface area contributed by atoms with Crippen LogP contribution in [0.25, 0.3) is 11.4 Å². The number of benzene rings is 1. The third-order valence-corrected chi connectivity index (χ3v) is 6.31. The Morgan fingerprint density at radius 3 is 2.46 bits per heavy atom. The highest BCUT2D eigenvalue weighted by Gasteiger charge is 2.16. The summed E-state index contributed by atoms with van der Waals surface area (Å²) in [5.74, 6) is -0.148. The van der Waals surface area contributed by atoms with Gasteiger partial charge in [0.05, 0.1) is 6.54 Å². The van der Waals surface area contributed by atoms with E-state index in [1.54, 1.807) is 6.20 Å². The molecule has 37 heavy (non-hydrogen) atoms. The Bertz CT molecular complexity index is 981. The van der Waals surface area contributed by atoms with Gasteiger partial charge in [-0.25, -0.2) is 9.79 Å². The van der Waals surface area contributed by atoms with Gasteiger partial charge < -0.3 is 32.6 Å². The molecule has 8 N–H and O–H groups in total. The van der Waals surface area contributed by atoms with Gasteiger partial charge in [-0.2, -0.15) is 0 Å². The second-order valence-corrected chi connectivity index (χ2v) is 9.44. The number of nitrogens with zero attached hydrogens (tertiary/aromatic N) is 2. The van der Waals surface area contributed by atoms with Crippen LogP contribution in [0.1, 0.15) is 63.9 Å². The molecule has 0 bridgehead atoms. The smallest absolute Gasteiger partial charge is 0.328 e. The van der Waals surface area contributed by atoms with Crippen LogP contribution in [0, 0.1) is 5.92 Å². The van der Waals surface area contributed by atoms with E-state index in [9.17, 15) is 9.90 Å². The van der Waals surface area contributed by atoms with E-state index in [1.807, 2.05) is 30.3 Å². The number of H-pyrrole nitrogens is 1. The summed E-state index contributed by atoms with van der Waals surface area (Å²) in [4.78, 5) is 18.7. The molecule has 0 fully saturated rings. The van der Waals surface area contributed by atoms with Crippen molar-refractivity contribution in [2.24, 2.45) is 28.1 Å². The number of rotatable bonds is 18. The zero-order valence-electron chi connectivity index (χ0n) is 21.9. The fourth-order valence-corrected chi connectivity index (χ4v) is 4.26. The zero-order chi connectivity index (χ0) is 26.9. The maximum absolute atomic E-state index is 11.6. The molecule has 1 aromatic heterocycles. The number of hydrogen-bond donors (Lipinski definition) is 5. The third-order valence-electron chi connectivity index (χ3n) is 6.31. The molecule has 2 aromatic rings. The van der Waals surface area contributed by atoms with E-state index in [-0.39, 0.29) is 24.6 Å². The molecule has 202 valence electrons. The molecule has 0 amide bonds. The average Bonchev–Trinajstić information content (AvgIpc) is 3.39. The molecule has 1 aromatic carbocycles. The first-order chi connectivity index (χ1) is 17.9. The van der Waals surface area contributed by atoms with Crippen molar-refractivity contribution < 1.29 is 9.90 Å². The van der Waals surface area contributed by atoms with E-state index >= 15 is 0 Å². The number of nitrogens with two attached hydrogens (primary N) is 3. The van der Waals surface area contributed by atoms with Crippen molar-refractivity contribution in [2.75, 3.05) is 6.54 Å². The lowest BCUT2D eigenvalue weighted by atomic mass is 9.90. The fraction of sp³-hybridized carbons (Fsp3) is 0.448. The summed E-state index contributed by atoms with van der Waals surface area (Å²) in [7, 11) is 0. The van der Waals surface area contributed by atoms with Gasteiger partial charge in [0.25, 0.3) is 0 Å². The van der Waals surface area contributed by atoms with E-state index < -0.39 is 5.97 Å². The van der Waals surface area contributed by atoms with Crippen LogP contribution in [-0.2, 0) is 4.79 Å². The largest absolute Gasteiger partial charge is 0.478 e. The van der Waals surface area contributed by atoms with Gasteiger partial charge in [-0.05, 0) is 55.2 Å².